The average molecular weight is 628 g/mol. The van der Waals surface area contributed by atoms with Gasteiger partial charge in [-0.2, -0.15) is 0 Å². The van der Waals surface area contributed by atoms with Crippen molar-refractivity contribution in [2.75, 3.05) is 13.2 Å². The summed E-state index contributed by atoms with van der Waals surface area (Å²) in [5.41, 5.74) is 5.97. The second kappa shape index (κ2) is 31.4. The molecule has 3 heteroatoms. The number of hydrogen-bond donors (Lipinski definition) is 1. The molecule has 0 amide bonds. The lowest BCUT2D eigenvalue weighted by molar-refractivity contribution is -0.183. The van der Waals surface area contributed by atoms with Crippen molar-refractivity contribution >= 4 is 0 Å². The van der Waals surface area contributed by atoms with Gasteiger partial charge in [-0.15, -0.1) is 0 Å². The smallest absolute Gasteiger partial charge is 0.168 e. The second-order valence-corrected chi connectivity index (χ2v) is 13.8. The molecule has 45 heavy (non-hydrogen) atoms. The Morgan fingerprint density at radius 2 is 0.933 bits per heavy atom. The molecule has 0 saturated carbocycles. The minimum atomic E-state index is -0.363. The van der Waals surface area contributed by atoms with E-state index in [4.69, 9.17) is 15.2 Å². The van der Waals surface area contributed by atoms with Crippen LogP contribution in [0.5, 0.6) is 0 Å². The summed E-state index contributed by atoms with van der Waals surface area (Å²) in [4.78, 5) is 0. The van der Waals surface area contributed by atoms with E-state index >= 15 is 0 Å². The van der Waals surface area contributed by atoms with Crippen LogP contribution in [0.25, 0.3) is 0 Å². The molecule has 2 atom stereocenters. The highest BCUT2D eigenvalue weighted by Crippen LogP contribution is 2.36. The molecule has 0 aromatic rings. The molecule has 0 aromatic heterocycles. The van der Waals surface area contributed by atoms with Crippen molar-refractivity contribution in [3.63, 3.8) is 0 Å². The van der Waals surface area contributed by atoms with Gasteiger partial charge in [0, 0.05) is 12.8 Å². The largest absolute Gasteiger partial charge is 0.347 e. The summed E-state index contributed by atoms with van der Waals surface area (Å²) in [6, 6.07) is 0. The summed E-state index contributed by atoms with van der Waals surface area (Å²) >= 11 is 0. The van der Waals surface area contributed by atoms with Gasteiger partial charge < -0.3 is 15.2 Å². The minimum Gasteiger partial charge on any atom is -0.347 e. The van der Waals surface area contributed by atoms with E-state index in [0.717, 1.165) is 25.7 Å². The SMILES string of the molecule is CCCCCC=CCC=CCCCCCCCCC1(CCCCCCCCC=CCC=CCCCCC)OCC(C(C)CN)O1. The first-order chi connectivity index (χ1) is 22.2. The van der Waals surface area contributed by atoms with Crippen molar-refractivity contribution in [1.82, 2.24) is 0 Å². The number of nitrogens with two attached hydrogens (primary N) is 1. The first-order valence-electron chi connectivity index (χ1n) is 19.8. The van der Waals surface area contributed by atoms with E-state index in [9.17, 15) is 0 Å². The van der Waals surface area contributed by atoms with Gasteiger partial charge in [-0.05, 0) is 89.5 Å². The molecule has 262 valence electrons. The maximum absolute atomic E-state index is 6.62. The standard InChI is InChI=1S/C42H77NO2/c1-4-6-8-10-12-14-16-18-20-22-24-26-28-30-32-34-36-42(44-39-41(45-42)40(3)38-43)37-35-33-31-29-27-25-23-21-19-17-15-13-11-9-7-5-2/h12-15,18-21,40-41H,4-11,16-17,22-39,43H2,1-3H3. The topological polar surface area (TPSA) is 44.5 Å². The third-order valence-corrected chi connectivity index (χ3v) is 9.40. The average Bonchev–Trinajstić information content (AvgIpc) is 3.48. The van der Waals surface area contributed by atoms with Gasteiger partial charge in [-0.3, -0.25) is 0 Å². The Kier molecular flexibility index (Phi) is 29.2. The molecule has 3 nitrogen and oxygen atoms in total. The minimum absolute atomic E-state index is 0.157. The van der Waals surface area contributed by atoms with E-state index in [-0.39, 0.29) is 11.9 Å². The fourth-order valence-electron chi connectivity index (χ4n) is 6.16. The quantitative estimate of drug-likeness (QED) is 0.0596. The third kappa shape index (κ3) is 24.6. The van der Waals surface area contributed by atoms with Crippen molar-refractivity contribution in [3.05, 3.63) is 48.6 Å². The zero-order valence-corrected chi connectivity index (χ0v) is 30.5. The van der Waals surface area contributed by atoms with Gasteiger partial charge in [0.2, 0.25) is 0 Å². The van der Waals surface area contributed by atoms with Crippen LogP contribution in [-0.4, -0.2) is 25.0 Å². The van der Waals surface area contributed by atoms with Gasteiger partial charge in [0.1, 0.15) is 0 Å². The van der Waals surface area contributed by atoms with Crippen molar-refractivity contribution in [2.45, 2.75) is 200 Å². The second-order valence-electron chi connectivity index (χ2n) is 13.8. The van der Waals surface area contributed by atoms with Gasteiger partial charge >= 0.3 is 0 Å². The Hall–Kier alpha value is -1.16. The first-order valence-corrected chi connectivity index (χ1v) is 19.8. The van der Waals surface area contributed by atoms with Crippen LogP contribution >= 0.6 is 0 Å². The van der Waals surface area contributed by atoms with Gasteiger partial charge in [-0.25, -0.2) is 0 Å². The molecule has 0 spiro atoms. The van der Waals surface area contributed by atoms with E-state index in [1.807, 2.05) is 0 Å². The molecule has 2 N–H and O–H groups in total. The third-order valence-electron chi connectivity index (χ3n) is 9.40. The number of rotatable bonds is 32. The molecule has 1 fully saturated rings. The molecular weight excluding hydrogens is 550 g/mol. The van der Waals surface area contributed by atoms with Crippen molar-refractivity contribution in [3.8, 4) is 0 Å². The normalized spacial score (nSPS) is 19.8. The Balaban J connectivity index is 2.14. The van der Waals surface area contributed by atoms with Crippen molar-refractivity contribution < 1.29 is 9.47 Å². The fourth-order valence-corrected chi connectivity index (χ4v) is 6.16. The predicted molar refractivity (Wildman–Crippen MR) is 200 cm³/mol. The van der Waals surface area contributed by atoms with Crippen LogP contribution in [0.2, 0.25) is 0 Å². The number of ether oxygens (including phenoxy) is 2. The van der Waals surface area contributed by atoms with E-state index < -0.39 is 0 Å². The summed E-state index contributed by atoms with van der Waals surface area (Å²) in [5.74, 6) is -0.00270. The monoisotopic (exact) mass is 628 g/mol. The van der Waals surface area contributed by atoms with Crippen LogP contribution in [-0.2, 0) is 9.47 Å². The molecule has 1 saturated heterocycles. The summed E-state index contributed by atoms with van der Waals surface area (Å²) < 4.78 is 13.0. The molecule has 2 unspecified atom stereocenters. The van der Waals surface area contributed by atoms with E-state index in [1.165, 1.54) is 141 Å². The Bertz CT molecular complexity index is 691. The first kappa shape index (κ1) is 41.9. The molecule has 1 rings (SSSR count). The molecule has 0 radical (unpaired) electrons. The van der Waals surface area contributed by atoms with Crippen LogP contribution < -0.4 is 5.73 Å². The summed E-state index contributed by atoms with van der Waals surface area (Å²) in [6.45, 7) is 8.11. The maximum atomic E-state index is 6.62. The number of unbranched alkanes of at least 4 members (excludes halogenated alkanes) is 18. The lowest BCUT2D eigenvalue weighted by Crippen LogP contribution is -2.33. The van der Waals surface area contributed by atoms with Crippen molar-refractivity contribution in [1.29, 1.82) is 0 Å². The number of hydrogen-bond acceptors (Lipinski definition) is 3. The molecule has 0 aromatic carbocycles. The lowest BCUT2D eigenvalue weighted by atomic mass is 9.98. The molecule has 1 aliphatic heterocycles. The predicted octanol–water partition coefficient (Wildman–Crippen LogP) is 13.1. The highest BCUT2D eigenvalue weighted by atomic mass is 16.7. The van der Waals surface area contributed by atoms with Crippen LogP contribution in [0.3, 0.4) is 0 Å². The molecule has 0 aliphatic carbocycles. The molecule has 1 heterocycles. The molecule has 0 bridgehead atoms. The Labute approximate surface area is 282 Å². The maximum Gasteiger partial charge on any atom is 0.168 e. The van der Waals surface area contributed by atoms with Crippen molar-refractivity contribution in [2.24, 2.45) is 11.7 Å². The van der Waals surface area contributed by atoms with Crippen LogP contribution in [0.15, 0.2) is 48.6 Å². The van der Waals surface area contributed by atoms with Gasteiger partial charge in [0.25, 0.3) is 0 Å². The lowest BCUT2D eigenvalue weighted by Gasteiger charge is -2.29. The molecular formula is C42H77NO2. The van der Waals surface area contributed by atoms with E-state index in [0.29, 0.717) is 19.1 Å². The highest BCUT2D eigenvalue weighted by Gasteiger charge is 2.41. The van der Waals surface area contributed by atoms with Gasteiger partial charge in [0.15, 0.2) is 5.79 Å². The van der Waals surface area contributed by atoms with Gasteiger partial charge in [0.05, 0.1) is 12.7 Å². The zero-order chi connectivity index (χ0) is 32.5. The summed E-state index contributed by atoms with van der Waals surface area (Å²) in [7, 11) is 0. The summed E-state index contributed by atoms with van der Waals surface area (Å²) in [6.07, 6.45) is 51.8. The fraction of sp³-hybridized carbons (Fsp3) is 0.810. The van der Waals surface area contributed by atoms with Crippen LogP contribution in [0, 0.1) is 5.92 Å². The van der Waals surface area contributed by atoms with Crippen LogP contribution in [0.4, 0.5) is 0 Å². The Morgan fingerprint density at radius 3 is 1.33 bits per heavy atom. The van der Waals surface area contributed by atoms with Crippen LogP contribution in [0.1, 0.15) is 188 Å². The zero-order valence-electron chi connectivity index (χ0n) is 30.5. The highest BCUT2D eigenvalue weighted by molar-refractivity contribution is 4.93. The van der Waals surface area contributed by atoms with E-state index in [2.05, 4.69) is 69.4 Å². The summed E-state index contributed by atoms with van der Waals surface area (Å²) in [5, 5.41) is 0. The van der Waals surface area contributed by atoms with Gasteiger partial charge in [-0.1, -0.05) is 146 Å². The molecule has 1 aliphatic rings. The van der Waals surface area contributed by atoms with E-state index in [1.54, 1.807) is 0 Å². The number of allylic oxidation sites excluding steroid dienone is 8. The Morgan fingerprint density at radius 1 is 0.556 bits per heavy atom.